The van der Waals surface area contributed by atoms with Gasteiger partial charge in [-0.3, -0.25) is 9.47 Å². The Kier molecular flexibility index (Phi) is 5.28. The molecule has 2 aromatic heterocycles. The number of halogens is 4. The molecule has 0 radical (unpaired) electrons. The predicted octanol–water partition coefficient (Wildman–Crippen LogP) is 2.83. The Labute approximate surface area is 221 Å². The fourth-order valence-electron chi connectivity index (χ4n) is 6.03. The van der Waals surface area contributed by atoms with Crippen molar-refractivity contribution in [2.24, 2.45) is 5.41 Å². The molecule has 14 heteroatoms. The molecule has 3 aromatic rings. The average Bonchev–Trinajstić information content (AvgIpc) is 3.11. The van der Waals surface area contributed by atoms with Gasteiger partial charge in [-0.1, -0.05) is 11.6 Å². The Bertz CT molecular complexity index is 1540. The minimum atomic E-state index is -2.98. The number of pyridine rings is 1. The molecule has 3 fully saturated rings. The Morgan fingerprint density at radius 2 is 1.74 bits per heavy atom. The van der Waals surface area contributed by atoms with E-state index in [9.17, 15) is 21.6 Å². The number of alkyl halides is 2. The van der Waals surface area contributed by atoms with Crippen molar-refractivity contribution < 1.29 is 21.6 Å². The third-order valence-corrected chi connectivity index (χ3v) is 9.92. The smallest absolute Gasteiger partial charge is 0.283 e. The first kappa shape index (κ1) is 24.2. The fraction of sp³-hybridized carbons (Fsp3) is 0.458. The van der Waals surface area contributed by atoms with E-state index in [0.29, 0.717) is 56.1 Å². The van der Waals surface area contributed by atoms with Crippen molar-refractivity contribution >= 4 is 33.2 Å². The number of rotatable bonds is 4. The number of aromatic nitrogens is 4. The molecule has 38 heavy (non-hydrogen) atoms. The SMILES string of the molecule is O=S1(=O)CC(N2Cc3cc(Cl)ccc3-n3c(nnc3N3CC4(CN(c5ccc(F)c(C(F)F)n5)C4)C3)C2)C1. The van der Waals surface area contributed by atoms with Gasteiger partial charge in [-0.15, -0.1) is 10.2 Å². The molecule has 6 heterocycles. The second kappa shape index (κ2) is 8.30. The molecule has 4 aliphatic heterocycles. The maximum Gasteiger partial charge on any atom is 0.283 e. The summed E-state index contributed by atoms with van der Waals surface area (Å²) in [7, 11) is -2.98. The van der Waals surface area contributed by atoms with Crippen molar-refractivity contribution in [3.63, 3.8) is 0 Å². The fourth-order valence-corrected chi connectivity index (χ4v) is 7.72. The highest BCUT2D eigenvalue weighted by molar-refractivity contribution is 7.92. The molecule has 0 N–H and O–H groups in total. The molecule has 0 unspecified atom stereocenters. The highest BCUT2D eigenvalue weighted by Gasteiger charge is 2.53. The van der Waals surface area contributed by atoms with Gasteiger partial charge < -0.3 is 9.80 Å². The van der Waals surface area contributed by atoms with Crippen LogP contribution in [0.5, 0.6) is 0 Å². The molecule has 0 aliphatic carbocycles. The van der Waals surface area contributed by atoms with Crippen molar-refractivity contribution in [3.05, 3.63) is 58.3 Å². The maximum atomic E-state index is 13.6. The number of nitrogens with zero attached hydrogens (tertiary/aromatic N) is 7. The van der Waals surface area contributed by atoms with Gasteiger partial charge in [-0.05, 0) is 35.9 Å². The van der Waals surface area contributed by atoms with Crippen LogP contribution in [0.15, 0.2) is 30.3 Å². The van der Waals surface area contributed by atoms with Crippen LogP contribution in [-0.2, 0) is 22.9 Å². The van der Waals surface area contributed by atoms with E-state index in [4.69, 9.17) is 11.6 Å². The molecular weight excluding hydrogens is 543 g/mol. The summed E-state index contributed by atoms with van der Waals surface area (Å²) >= 11 is 6.32. The summed E-state index contributed by atoms with van der Waals surface area (Å²) in [6, 6.07) is 8.07. The lowest BCUT2D eigenvalue weighted by Crippen LogP contribution is -2.73. The van der Waals surface area contributed by atoms with E-state index in [1.807, 2.05) is 27.7 Å². The molecule has 9 nitrogen and oxygen atoms in total. The number of benzene rings is 1. The van der Waals surface area contributed by atoms with Crippen molar-refractivity contribution in [2.45, 2.75) is 25.6 Å². The van der Waals surface area contributed by atoms with Gasteiger partial charge in [0.15, 0.2) is 21.5 Å². The summed E-state index contributed by atoms with van der Waals surface area (Å²) in [5.74, 6) is 1.06. The summed E-state index contributed by atoms with van der Waals surface area (Å²) in [5, 5.41) is 9.58. The lowest BCUT2D eigenvalue weighted by Gasteiger charge is -2.60. The summed E-state index contributed by atoms with van der Waals surface area (Å²) in [4.78, 5) is 9.98. The van der Waals surface area contributed by atoms with E-state index in [1.165, 1.54) is 6.07 Å². The quantitative estimate of drug-likeness (QED) is 0.477. The summed E-state index contributed by atoms with van der Waals surface area (Å²) in [6.45, 7) is 3.69. The molecular formula is C24H23ClF3N7O2S. The molecule has 200 valence electrons. The minimum Gasteiger partial charge on any atom is -0.355 e. The lowest BCUT2D eigenvalue weighted by atomic mass is 9.73. The van der Waals surface area contributed by atoms with Crippen LogP contribution in [0.3, 0.4) is 0 Å². The Morgan fingerprint density at radius 3 is 2.45 bits per heavy atom. The summed E-state index contributed by atoms with van der Waals surface area (Å²) in [6.07, 6.45) is -2.96. The van der Waals surface area contributed by atoms with Crippen LogP contribution in [0.1, 0.15) is 23.5 Å². The summed E-state index contributed by atoms with van der Waals surface area (Å²) < 4.78 is 65.5. The van der Waals surface area contributed by atoms with E-state index in [-0.39, 0.29) is 23.0 Å². The van der Waals surface area contributed by atoms with Gasteiger partial charge in [0, 0.05) is 49.2 Å². The number of hydrogen-bond donors (Lipinski definition) is 0. The van der Waals surface area contributed by atoms with Crippen LogP contribution in [0.2, 0.25) is 5.02 Å². The van der Waals surface area contributed by atoms with Gasteiger partial charge in [0.2, 0.25) is 5.95 Å². The second-order valence-electron chi connectivity index (χ2n) is 10.7. The van der Waals surface area contributed by atoms with Gasteiger partial charge in [0.05, 0.1) is 23.7 Å². The Morgan fingerprint density at radius 1 is 1.00 bits per heavy atom. The number of anilines is 2. The first-order valence-corrected chi connectivity index (χ1v) is 14.4. The highest BCUT2D eigenvalue weighted by Crippen LogP contribution is 2.44. The molecule has 0 atom stereocenters. The maximum absolute atomic E-state index is 13.6. The second-order valence-corrected chi connectivity index (χ2v) is 13.3. The molecule has 3 saturated heterocycles. The lowest BCUT2D eigenvalue weighted by molar-refractivity contribution is 0.138. The van der Waals surface area contributed by atoms with Gasteiger partial charge in [0.1, 0.15) is 11.5 Å². The third kappa shape index (κ3) is 3.85. The number of fused-ring (bicyclic) bond motifs is 3. The van der Waals surface area contributed by atoms with E-state index in [1.54, 1.807) is 0 Å². The molecule has 0 saturated carbocycles. The number of sulfone groups is 1. The Balaban J connectivity index is 1.11. The topological polar surface area (TPSA) is 87.5 Å². The zero-order valence-corrected chi connectivity index (χ0v) is 21.6. The minimum absolute atomic E-state index is 0.0344. The molecule has 0 amide bonds. The molecule has 7 rings (SSSR count). The van der Waals surface area contributed by atoms with Crippen molar-refractivity contribution in [1.29, 1.82) is 0 Å². The largest absolute Gasteiger partial charge is 0.355 e. The monoisotopic (exact) mass is 565 g/mol. The van der Waals surface area contributed by atoms with Crippen LogP contribution >= 0.6 is 11.6 Å². The van der Waals surface area contributed by atoms with Crippen LogP contribution in [0.4, 0.5) is 24.9 Å². The zero-order valence-electron chi connectivity index (χ0n) is 20.1. The van der Waals surface area contributed by atoms with Gasteiger partial charge in [-0.25, -0.2) is 26.6 Å². The first-order valence-electron chi connectivity index (χ1n) is 12.2. The third-order valence-electron chi connectivity index (χ3n) is 7.90. The van der Waals surface area contributed by atoms with Crippen LogP contribution in [0, 0.1) is 11.2 Å². The van der Waals surface area contributed by atoms with Crippen molar-refractivity contribution in [3.8, 4) is 5.69 Å². The van der Waals surface area contributed by atoms with Gasteiger partial charge in [-0.2, -0.15) is 0 Å². The Hall–Kier alpha value is -2.90. The zero-order chi connectivity index (χ0) is 26.4. The molecule has 1 aromatic carbocycles. The van der Waals surface area contributed by atoms with Crippen LogP contribution in [-0.4, -0.2) is 76.8 Å². The van der Waals surface area contributed by atoms with Gasteiger partial charge >= 0.3 is 0 Å². The highest BCUT2D eigenvalue weighted by atomic mass is 35.5. The van der Waals surface area contributed by atoms with E-state index in [0.717, 1.165) is 23.1 Å². The van der Waals surface area contributed by atoms with Gasteiger partial charge in [0.25, 0.3) is 6.43 Å². The molecule has 0 bridgehead atoms. The molecule has 1 spiro atoms. The average molecular weight is 566 g/mol. The number of hydrogen-bond acceptors (Lipinski definition) is 8. The summed E-state index contributed by atoms with van der Waals surface area (Å²) in [5.41, 5.74) is 1.04. The van der Waals surface area contributed by atoms with Crippen molar-refractivity contribution in [2.75, 3.05) is 47.5 Å². The van der Waals surface area contributed by atoms with E-state index in [2.05, 4.69) is 25.0 Å². The van der Waals surface area contributed by atoms with Crippen LogP contribution < -0.4 is 9.80 Å². The van der Waals surface area contributed by atoms with E-state index < -0.39 is 27.8 Å². The van der Waals surface area contributed by atoms with E-state index >= 15 is 0 Å². The standard InChI is InChI=1S/C24H23ClF3N7O2S/c25-15-1-3-18-14(5-15)6-32(16-8-38(36,37)9-16)7-20-30-31-23(35(18)20)34-12-24(13-34)10-33(11-24)19-4-2-17(26)21(29-19)22(27)28/h1-5,16,22H,6-13H2. The van der Waals surface area contributed by atoms with Crippen molar-refractivity contribution in [1.82, 2.24) is 24.6 Å². The molecule has 4 aliphatic rings. The normalized spacial score (nSPS) is 21.9. The predicted molar refractivity (Wildman–Crippen MR) is 134 cm³/mol. The van der Waals surface area contributed by atoms with Crippen LogP contribution in [0.25, 0.3) is 5.69 Å². The first-order chi connectivity index (χ1) is 18.1.